The molecular formula is C28H32FN3O5S. The molecule has 0 aliphatic heterocycles. The summed E-state index contributed by atoms with van der Waals surface area (Å²) in [6.07, 6.45) is 0.291. The first-order valence-electron chi connectivity index (χ1n) is 12.2. The molecule has 3 aromatic rings. The van der Waals surface area contributed by atoms with Crippen molar-refractivity contribution in [1.82, 2.24) is 10.2 Å². The van der Waals surface area contributed by atoms with Crippen LogP contribution in [0.25, 0.3) is 0 Å². The van der Waals surface area contributed by atoms with Gasteiger partial charge in [0.05, 0.1) is 17.7 Å². The maximum Gasteiger partial charge on any atom is 0.264 e. The zero-order chi connectivity index (χ0) is 27.7. The van der Waals surface area contributed by atoms with E-state index in [-0.39, 0.29) is 23.0 Å². The second-order valence-electron chi connectivity index (χ2n) is 8.46. The Morgan fingerprint density at radius 3 is 2.16 bits per heavy atom. The average Bonchev–Trinajstić information content (AvgIpc) is 2.93. The van der Waals surface area contributed by atoms with Crippen molar-refractivity contribution in [3.8, 4) is 5.75 Å². The van der Waals surface area contributed by atoms with Crippen LogP contribution in [-0.2, 0) is 26.2 Å². The van der Waals surface area contributed by atoms with Gasteiger partial charge in [-0.05, 0) is 55.3 Å². The number of likely N-dealkylation sites (N-methyl/N-ethyl adjacent to an activating group) is 1. The summed E-state index contributed by atoms with van der Waals surface area (Å²) in [5.74, 6) is -1.18. The number of rotatable bonds is 12. The Bertz CT molecular complexity index is 1330. The van der Waals surface area contributed by atoms with Crippen LogP contribution in [0.2, 0.25) is 0 Å². The second-order valence-corrected chi connectivity index (χ2v) is 10.3. The minimum Gasteiger partial charge on any atom is -0.497 e. The standard InChI is InChI=1S/C28H32FN3O5S/c1-4-25(28(34)30-5-2)31(19-21-15-17-22(37-3)18-16-21)27(33)20-32(26-14-10-9-13-24(26)29)38(35,36)23-11-7-6-8-12-23/h6-18,25H,4-5,19-20H2,1-3H3,(H,30,34). The lowest BCUT2D eigenvalue weighted by atomic mass is 10.1. The maximum absolute atomic E-state index is 14.9. The molecule has 0 heterocycles. The number of amides is 2. The summed E-state index contributed by atoms with van der Waals surface area (Å²) >= 11 is 0. The molecular weight excluding hydrogens is 509 g/mol. The molecule has 1 unspecified atom stereocenters. The first-order valence-corrected chi connectivity index (χ1v) is 13.7. The number of sulfonamides is 1. The number of benzene rings is 3. The van der Waals surface area contributed by atoms with Crippen LogP contribution >= 0.6 is 0 Å². The molecule has 3 rings (SSSR count). The van der Waals surface area contributed by atoms with Crippen LogP contribution in [0.3, 0.4) is 0 Å². The van der Waals surface area contributed by atoms with E-state index in [1.165, 1.54) is 42.3 Å². The fourth-order valence-corrected chi connectivity index (χ4v) is 5.47. The van der Waals surface area contributed by atoms with E-state index < -0.39 is 34.3 Å². The molecule has 0 radical (unpaired) electrons. The van der Waals surface area contributed by atoms with Crippen LogP contribution in [-0.4, -0.2) is 51.4 Å². The van der Waals surface area contributed by atoms with Gasteiger partial charge in [0.1, 0.15) is 24.2 Å². The number of ether oxygens (including phenoxy) is 1. The van der Waals surface area contributed by atoms with Gasteiger partial charge in [-0.15, -0.1) is 0 Å². The zero-order valence-electron chi connectivity index (χ0n) is 21.6. The van der Waals surface area contributed by atoms with Gasteiger partial charge in [0.25, 0.3) is 10.0 Å². The molecule has 3 aromatic carbocycles. The van der Waals surface area contributed by atoms with Gasteiger partial charge in [-0.25, -0.2) is 12.8 Å². The Labute approximate surface area is 223 Å². The van der Waals surface area contributed by atoms with Crippen LogP contribution in [0.5, 0.6) is 5.75 Å². The molecule has 0 aliphatic rings. The van der Waals surface area contributed by atoms with Crippen LogP contribution in [0.15, 0.2) is 83.8 Å². The van der Waals surface area contributed by atoms with Crippen LogP contribution in [0.1, 0.15) is 25.8 Å². The normalized spacial score (nSPS) is 11.9. The number of hydrogen-bond acceptors (Lipinski definition) is 5. The number of hydrogen-bond donors (Lipinski definition) is 1. The molecule has 1 N–H and O–H groups in total. The van der Waals surface area contributed by atoms with Gasteiger partial charge in [-0.1, -0.05) is 49.4 Å². The highest BCUT2D eigenvalue weighted by Crippen LogP contribution is 2.27. The van der Waals surface area contributed by atoms with Gasteiger partial charge in [0, 0.05) is 13.1 Å². The molecule has 10 heteroatoms. The highest BCUT2D eigenvalue weighted by molar-refractivity contribution is 7.92. The molecule has 0 bridgehead atoms. The van der Waals surface area contributed by atoms with Crippen molar-refractivity contribution in [3.05, 3.63) is 90.2 Å². The summed E-state index contributed by atoms with van der Waals surface area (Å²) in [4.78, 5) is 28.0. The van der Waals surface area contributed by atoms with Crippen molar-refractivity contribution < 1.29 is 27.1 Å². The number of halogens is 1. The van der Waals surface area contributed by atoms with Gasteiger partial charge in [-0.2, -0.15) is 0 Å². The van der Waals surface area contributed by atoms with E-state index in [1.54, 1.807) is 56.3 Å². The molecule has 8 nitrogen and oxygen atoms in total. The fourth-order valence-electron chi connectivity index (χ4n) is 4.03. The number of nitrogens with zero attached hydrogens (tertiary/aromatic N) is 2. The van der Waals surface area contributed by atoms with Gasteiger partial charge in [-0.3, -0.25) is 13.9 Å². The molecule has 0 fully saturated rings. The Balaban J connectivity index is 2.05. The highest BCUT2D eigenvalue weighted by Gasteiger charge is 2.34. The smallest absolute Gasteiger partial charge is 0.264 e. The first-order chi connectivity index (χ1) is 18.2. The summed E-state index contributed by atoms with van der Waals surface area (Å²) in [7, 11) is -2.78. The Morgan fingerprint density at radius 2 is 1.58 bits per heavy atom. The first kappa shape index (κ1) is 28.6. The summed E-state index contributed by atoms with van der Waals surface area (Å²) < 4.78 is 48.1. The van der Waals surface area contributed by atoms with Crippen molar-refractivity contribution >= 4 is 27.5 Å². The third kappa shape index (κ3) is 6.69. The Morgan fingerprint density at radius 1 is 0.947 bits per heavy atom. The Hall–Kier alpha value is -3.92. The summed E-state index contributed by atoms with van der Waals surface area (Å²) in [5.41, 5.74) is 0.449. The lowest BCUT2D eigenvalue weighted by Crippen LogP contribution is -2.52. The zero-order valence-corrected chi connectivity index (χ0v) is 22.4. The largest absolute Gasteiger partial charge is 0.497 e. The van der Waals surface area contributed by atoms with E-state index in [9.17, 15) is 22.4 Å². The molecule has 0 saturated heterocycles. The number of carbonyl (C=O) groups is 2. The SMILES string of the molecule is CCNC(=O)C(CC)N(Cc1ccc(OC)cc1)C(=O)CN(c1ccccc1F)S(=O)(=O)c1ccccc1. The topological polar surface area (TPSA) is 96.0 Å². The lowest BCUT2D eigenvalue weighted by Gasteiger charge is -2.33. The van der Waals surface area contributed by atoms with Crippen molar-refractivity contribution in [1.29, 1.82) is 0 Å². The molecule has 0 saturated carbocycles. The fraction of sp³-hybridized carbons (Fsp3) is 0.286. The number of anilines is 1. The molecule has 38 heavy (non-hydrogen) atoms. The van der Waals surface area contributed by atoms with Gasteiger partial charge in [0.15, 0.2) is 0 Å². The van der Waals surface area contributed by atoms with Crippen molar-refractivity contribution in [3.63, 3.8) is 0 Å². The molecule has 2 amide bonds. The predicted molar refractivity (Wildman–Crippen MR) is 144 cm³/mol. The molecule has 202 valence electrons. The van der Waals surface area contributed by atoms with E-state index in [1.807, 2.05) is 0 Å². The van der Waals surface area contributed by atoms with Crippen molar-refractivity contribution in [2.24, 2.45) is 0 Å². The third-order valence-electron chi connectivity index (χ3n) is 5.98. The van der Waals surface area contributed by atoms with Crippen LogP contribution < -0.4 is 14.4 Å². The summed E-state index contributed by atoms with van der Waals surface area (Å²) in [6.45, 7) is 3.24. The lowest BCUT2D eigenvalue weighted by molar-refractivity contribution is -0.140. The van der Waals surface area contributed by atoms with E-state index >= 15 is 0 Å². The third-order valence-corrected chi connectivity index (χ3v) is 7.75. The number of para-hydroxylation sites is 1. The predicted octanol–water partition coefficient (Wildman–Crippen LogP) is 3.97. The number of carbonyl (C=O) groups excluding carboxylic acids is 2. The Kier molecular flexibility index (Phi) is 9.84. The highest BCUT2D eigenvalue weighted by atomic mass is 32.2. The monoisotopic (exact) mass is 541 g/mol. The van der Waals surface area contributed by atoms with Gasteiger partial charge >= 0.3 is 0 Å². The maximum atomic E-state index is 14.9. The van der Waals surface area contributed by atoms with E-state index in [2.05, 4.69) is 5.32 Å². The number of nitrogens with one attached hydrogen (secondary N) is 1. The van der Waals surface area contributed by atoms with Gasteiger partial charge < -0.3 is 15.0 Å². The van der Waals surface area contributed by atoms with Crippen LogP contribution in [0, 0.1) is 5.82 Å². The molecule has 0 spiro atoms. The van der Waals surface area contributed by atoms with E-state index in [0.717, 1.165) is 10.4 Å². The summed E-state index contributed by atoms with van der Waals surface area (Å²) in [5, 5.41) is 2.74. The molecule has 1 atom stereocenters. The quantitative estimate of drug-likeness (QED) is 0.374. The van der Waals surface area contributed by atoms with Gasteiger partial charge in [0.2, 0.25) is 11.8 Å². The minimum absolute atomic E-state index is 0.0367. The minimum atomic E-state index is -4.32. The van der Waals surface area contributed by atoms with E-state index in [4.69, 9.17) is 4.74 Å². The molecule has 0 aromatic heterocycles. The summed E-state index contributed by atoms with van der Waals surface area (Å²) in [6, 6.07) is 19.0. The van der Waals surface area contributed by atoms with Crippen molar-refractivity contribution in [2.45, 2.75) is 37.8 Å². The van der Waals surface area contributed by atoms with Crippen LogP contribution in [0.4, 0.5) is 10.1 Å². The van der Waals surface area contributed by atoms with Crippen molar-refractivity contribution in [2.75, 3.05) is 24.5 Å². The number of methoxy groups -OCH3 is 1. The second kappa shape index (κ2) is 13.0. The molecule has 0 aliphatic carbocycles. The van der Waals surface area contributed by atoms with E-state index in [0.29, 0.717) is 24.3 Å². The average molecular weight is 542 g/mol.